The molecule has 0 aliphatic heterocycles. The van der Waals surface area contributed by atoms with Gasteiger partial charge in [0.1, 0.15) is 5.75 Å². The molecule has 166 valence electrons. The van der Waals surface area contributed by atoms with Gasteiger partial charge in [-0.3, -0.25) is 0 Å². The Morgan fingerprint density at radius 1 is 1.07 bits per heavy atom. The van der Waals surface area contributed by atoms with E-state index >= 15 is 0 Å². The molecule has 3 N–H and O–H groups in total. The third-order valence-corrected chi connectivity index (χ3v) is 3.83. The first-order valence-corrected chi connectivity index (χ1v) is 8.79. The van der Waals surface area contributed by atoms with Crippen LogP contribution >= 0.6 is 24.0 Å². The number of methoxy groups -OCH3 is 2. The minimum absolute atomic E-state index is 0. The number of nitrogens with one attached hydrogen (secondary N) is 1. The first-order chi connectivity index (χ1) is 13.6. The normalized spacial score (nSPS) is 11.7. The number of hydrogen-bond acceptors (Lipinski definition) is 4. The highest BCUT2D eigenvalue weighted by Gasteiger charge is 2.33. The highest BCUT2D eigenvalue weighted by molar-refractivity contribution is 14.0. The first kappa shape index (κ1) is 25.7. The number of halogens is 4. The zero-order chi connectivity index (χ0) is 21.6. The maximum Gasteiger partial charge on any atom is 0.416 e. The highest BCUT2D eigenvalue weighted by atomic mass is 127. The molecular formula is C20H25F3IN3O3. The van der Waals surface area contributed by atoms with Crippen LogP contribution in [0.3, 0.4) is 0 Å². The molecular weight excluding hydrogens is 514 g/mol. The van der Waals surface area contributed by atoms with Crippen LogP contribution in [-0.2, 0) is 12.7 Å². The Balaban J connectivity index is 0.00000450. The molecule has 30 heavy (non-hydrogen) atoms. The summed E-state index contributed by atoms with van der Waals surface area (Å²) in [5, 5.41) is 2.82. The molecule has 0 saturated carbocycles. The van der Waals surface area contributed by atoms with E-state index < -0.39 is 11.7 Å². The predicted octanol–water partition coefficient (Wildman–Crippen LogP) is 5.05. The van der Waals surface area contributed by atoms with Crippen molar-refractivity contribution >= 4 is 35.6 Å². The minimum Gasteiger partial charge on any atom is -0.493 e. The molecule has 0 atom stereocenters. The molecule has 0 aromatic heterocycles. The van der Waals surface area contributed by atoms with E-state index in [4.69, 9.17) is 19.9 Å². The van der Waals surface area contributed by atoms with Crippen LogP contribution in [0.2, 0.25) is 0 Å². The molecule has 0 unspecified atom stereocenters. The van der Waals surface area contributed by atoms with Crippen molar-refractivity contribution in [2.45, 2.75) is 32.7 Å². The Labute approximate surface area is 190 Å². The molecule has 0 saturated heterocycles. The van der Waals surface area contributed by atoms with Crippen LogP contribution in [-0.4, -0.2) is 26.3 Å². The maximum absolute atomic E-state index is 13.4. The molecule has 2 aromatic carbocycles. The van der Waals surface area contributed by atoms with E-state index in [2.05, 4.69) is 10.3 Å². The van der Waals surface area contributed by atoms with Crippen molar-refractivity contribution in [2.75, 3.05) is 19.5 Å². The molecule has 10 heteroatoms. The zero-order valence-electron chi connectivity index (χ0n) is 17.0. The third-order valence-electron chi connectivity index (χ3n) is 3.83. The van der Waals surface area contributed by atoms with Crippen molar-refractivity contribution in [2.24, 2.45) is 10.7 Å². The Kier molecular flexibility index (Phi) is 9.53. The van der Waals surface area contributed by atoms with Gasteiger partial charge in [0.2, 0.25) is 0 Å². The summed E-state index contributed by atoms with van der Waals surface area (Å²) in [5.41, 5.74) is 5.57. The first-order valence-electron chi connectivity index (χ1n) is 8.79. The van der Waals surface area contributed by atoms with Crippen LogP contribution < -0.4 is 25.3 Å². The Bertz CT molecular complexity index is 874. The second-order valence-electron chi connectivity index (χ2n) is 6.38. The Morgan fingerprint density at radius 2 is 1.73 bits per heavy atom. The van der Waals surface area contributed by atoms with Crippen molar-refractivity contribution < 1.29 is 27.4 Å². The number of aliphatic imine (C=N–C) groups is 1. The van der Waals surface area contributed by atoms with Gasteiger partial charge < -0.3 is 25.3 Å². The average molecular weight is 539 g/mol. The largest absolute Gasteiger partial charge is 0.493 e. The van der Waals surface area contributed by atoms with Crippen LogP contribution in [0.5, 0.6) is 17.2 Å². The monoisotopic (exact) mass is 539 g/mol. The quantitative estimate of drug-likeness (QED) is 0.293. The maximum atomic E-state index is 13.4. The zero-order valence-corrected chi connectivity index (χ0v) is 19.4. The van der Waals surface area contributed by atoms with E-state index in [9.17, 15) is 13.2 Å². The number of rotatable bonds is 7. The number of alkyl halides is 3. The fourth-order valence-corrected chi connectivity index (χ4v) is 2.57. The lowest BCUT2D eigenvalue weighted by Crippen LogP contribution is -2.23. The number of anilines is 1. The smallest absolute Gasteiger partial charge is 0.416 e. The second-order valence-corrected chi connectivity index (χ2v) is 6.38. The van der Waals surface area contributed by atoms with Gasteiger partial charge in [-0.2, -0.15) is 13.2 Å². The van der Waals surface area contributed by atoms with Crippen LogP contribution in [0.25, 0.3) is 0 Å². The van der Waals surface area contributed by atoms with Gasteiger partial charge in [0.05, 0.1) is 32.4 Å². The number of guanidine groups is 1. The number of nitrogens with two attached hydrogens (primary N) is 1. The lowest BCUT2D eigenvalue weighted by Gasteiger charge is -2.16. The van der Waals surface area contributed by atoms with Gasteiger partial charge in [-0.05, 0) is 43.7 Å². The summed E-state index contributed by atoms with van der Waals surface area (Å²) in [6.45, 7) is 3.24. The summed E-state index contributed by atoms with van der Waals surface area (Å²) in [4.78, 5) is 4.02. The van der Waals surface area contributed by atoms with Gasteiger partial charge in [-0.25, -0.2) is 4.99 Å². The SMILES string of the molecule is COc1ccc(NC(N)=NCc2ccc(OC(C)C)cc2C(F)(F)F)cc1OC.I. The van der Waals surface area contributed by atoms with Gasteiger partial charge in [-0.15, -0.1) is 24.0 Å². The molecule has 2 rings (SSSR count). The highest BCUT2D eigenvalue weighted by Crippen LogP contribution is 2.35. The second kappa shape index (κ2) is 11.1. The number of ether oxygens (including phenoxy) is 3. The van der Waals surface area contributed by atoms with Gasteiger partial charge in [0.25, 0.3) is 0 Å². The molecule has 6 nitrogen and oxygen atoms in total. The lowest BCUT2D eigenvalue weighted by atomic mass is 10.1. The van der Waals surface area contributed by atoms with E-state index in [1.54, 1.807) is 32.0 Å². The summed E-state index contributed by atoms with van der Waals surface area (Å²) in [6, 6.07) is 8.79. The fraction of sp³-hybridized carbons (Fsp3) is 0.350. The number of hydrogen-bond donors (Lipinski definition) is 2. The molecule has 0 aliphatic carbocycles. The predicted molar refractivity (Wildman–Crippen MR) is 121 cm³/mol. The van der Waals surface area contributed by atoms with Gasteiger partial charge in [0, 0.05) is 11.8 Å². The summed E-state index contributed by atoms with van der Waals surface area (Å²) >= 11 is 0. The fourth-order valence-electron chi connectivity index (χ4n) is 2.57. The van der Waals surface area contributed by atoms with Crippen molar-refractivity contribution in [1.82, 2.24) is 0 Å². The molecule has 0 amide bonds. The van der Waals surface area contributed by atoms with Gasteiger partial charge in [-0.1, -0.05) is 6.07 Å². The average Bonchev–Trinajstić information content (AvgIpc) is 2.65. The number of benzene rings is 2. The van der Waals surface area contributed by atoms with Crippen molar-refractivity contribution in [3.63, 3.8) is 0 Å². The molecule has 0 radical (unpaired) electrons. The Hall–Kier alpha value is -2.37. The van der Waals surface area contributed by atoms with E-state index in [1.165, 1.54) is 26.4 Å². The number of nitrogens with zero attached hydrogens (tertiary/aromatic N) is 1. The molecule has 0 heterocycles. The van der Waals surface area contributed by atoms with E-state index in [0.717, 1.165) is 6.07 Å². The van der Waals surface area contributed by atoms with Crippen molar-refractivity contribution in [1.29, 1.82) is 0 Å². The summed E-state index contributed by atoms with van der Waals surface area (Å²) in [7, 11) is 3.00. The van der Waals surface area contributed by atoms with Gasteiger partial charge >= 0.3 is 6.18 Å². The minimum atomic E-state index is -4.53. The molecule has 2 aromatic rings. The molecule has 0 fully saturated rings. The molecule has 0 aliphatic rings. The van der Waals surface area contributed by atoms with Crippen LogP contribution in [0.1, 0.15) is 25.0 Å². The third kappa shape index (κ3) is 7.15. The molecule has 0 bridgehead atoms. The van der Waals surface area contributed by atoms with Crippen molar-refractivity contribution in [3.05, 3.63) is 47.5 Å². The summed E-state index contributed by atoms with van der Waals surface area (Å²) in [5.74, 6) is 1.13. The molecule has 0 spiro atoms. The lowest BCUT2D eigenvalue weighted by molar-refractivity contribution is -0.138. The Morgan fingerprint density at radius 3 is 2.30 bits per heavy atom. The van der Waals surface area contributed by atoms with E-state index in [0.29, 0.717) is 17.2 Å². The summed E-state index contributed by atoms with van der Waals surface area (Å²) in [6.07, 6.45) is -4.77. The van der Waals surface area contributed by atoms with Gasteiger partial charge in [0.15, 0.2) is 17.5 Å². The topological polar surface area (TPSA) is 78.1 Å². The van der Waals surface area contributed by atoms with E-state index in [-0.39, 0.29) is 53.9 Å². The van der Waals surface area contributed by atoms with Crippen LogP contribution in [0.15, 0.2) is 41.4 Å². The van der Waals surface area contributed by atoms with Crippen LogP contribution in [0.4, 0.5) is 18.9 Å². The summed E-state index contributed by atoms with van der Waals surface area (Å²) < 4.78 is 55.9. The van der Waals surface area contributed by atoms with Crippen LogP contribution in [0, 0.1) is 0 Å². The standard InChI is InChI=1S/C20H24F3N3O3.HI/c1-12(2)29-15-7-5-13(16(10-15)20(21,22)23)11-25-19(24)26-14-6-8-17(27-3)18(9-14)28-4;/h5-10,12H,11H2,1-4H3,(H3,24,25,26);1H. The van der Waals surface area contributed by atoms with E-state index in [1.807, 2.05) is 0 Å². The van der Waals surface area contributed by atoms with Crippen molar-refractivity contribution in [3.8, 4) is 17.2 Å².